The molecule has 0 radical (unpaired) electrons. The summed E-state index contributed by atoms with van der Waals surface area (Å²) in [6.45, 7) is 11.3. The number of nitrogens with one attached hydrogen (secondary N) is 5. The number of thiazole rings is 1. The molecule has 6 aromatic rings. The van der Waals surface area contributed by atoms with Crippen molar-refractivity contribution in [1.82, 2.24) is 36.1 Å². The van der Waals surface area contributed by atoms with Crippen LogP contribution in [0, 0.1) is 19.3 Å². The molecule has 3 aliphatic heterocycles. The number of H-pyrrole nitrogens is 1. The number of likely N-dealkylation sites (tertiary alicyclic amines) is 1. The Morgan fingerprint density at radius 3 is 2.33 bits per heavy atom. The number of nitrogens with zero attached hydrogens (tertiary/aromatic N) is 3. The second-order valence-electron chi connectivity index (χ2n) is 24.3. The van der Waals surface area contributed by atoms with Crippen LogP contribution in [0.5, 0.6) is 5.75 Å². The van der Waals surface area contributed by atoms with Crippen LogP contribution in [0.25, 0.3) is 21.3 Å². The number of unbranched alkanes of at least 4 members (excludes halogenated alkanes) is 2. The summed E-state index contributed by atoms with van der Waals surface area (Å²) in [5.41, 5.74) is 12.6. The molecule has 2 aromatic heterocycles. The van der Waals surface area contributed by atoms with Crippen molar-refractivity contribution in [3.8, 4) is 16.2 Å². The van der Waals surface area contributed by atoms with Gasteiger partial charge in [-0.3, -0.25) is 47.8 Å². The maximum atomic E-state index is 14.6. The Labute approximate surface area is 513 Å². The van der Waals surface area contributed by atoms with Crippen molar-refractivity contribution in [2.45, 2.75) is 155 Å². The number of rotatable bonds is 24. The number of amides is 7. The lowest BCUT2D eigenvalue weighted by Crippen LogP contribution is -2.57. The highest BCUT2D eigenvalue weighted by Gasteiger charge is 2.46. The fraction of sp³-hybridized carbons (Fsp3) is 0.422. The van der Waals surface area contributed by atoms with Crippen LogP contribution >= 0.6 is 18.9 Å². The zero-order valence-corrected chi connectivity index (χ0v) is 51.8. The Bertz CT molecular complexity index is 3700. The zero-order valence-electron chi connectivity index (χ0n) is 50.1. The topological polar surface area (TPSA) is 333 Å². The Morgan fingerprint density at radius 2 is 1.62 bits per heavy atom. The molecular formula is C64H76N9O13PS. The number of aliphatic hydroxyl groups excluding tert-OH is 1. The van der Waals surface area contributed by atoms with Crippen LogP contribution < -0.4 is 36.6 Å². The number of benzene rings is 4. The summed E-state index contributed by atoms with van der Waals surface area (Å²) in [5, 5.41) is 22.9. The lowest BCUT2D eigenvalue weighted by atomic mass is 9.85. The molecule has 22 nitrogen and oxygen atoms in total. The third-order valence-corrected chi connectivity index (χ3v) is 18.4. The fourth-order valence-corrected chi connectivity index (χ4v) is 13.1. The largest absolute Gasteiger partial charge is 0.491 e. The predicted molar refractivity (Wildman–Crippen MR) is 331 cm³/mol. The minimum Gasteiger partial charge on any atom is -0.491 e. The summed E-state index contributed by atoms with van der Waals surface area (Å²) in [6, 6.07) is 19.4. The standard InChI is InChI=1S/C64H76N9O13PS/c1-35-15-23-47(28-41(35)11-8-7-9-14-54(76)71-57(64(4,5)6)62(81)72-32-46(74)31-51(72)59(78)67-36(2)38-16-18-40(19-17-38)56-37(3)66-34-88-56)86-33-45(22-26-53(65)75)68-60(79)52-30-42-13-10-12-39-20-25-49(61(80)73(52)55(39)42)70-58(77)50-29-44-27-43(21-24-48(44)69-50)63(82)87(83,84)85/h10,12-13,15-19,21,23-24,27-29,34,36,45-46,49,51-52,57,69,74H,7-9,11,14,20,22,25-26,30-33H2,1-6H3,(H2,65,75)(H,67,78)(H,68,79)(H,70,77)(H,71,76)(H2,83,84,85)/t36-,45-,46+,49-,51-,52-,57+/m0/s1. The van der Waals surface area contributed by atoms with Crippen LogP contribution in [0.3, 0.4) is 0 Å². The summed E-state index contributed by atoms with van der Waals surface area (Å²) >= 11 is 1.56. The van der Waals surface area contributed by atoms with Gasteiger partial charge in [-0.25, -0.2) is 4.98 Å². The first-order valence-electron chi connectivity index (χ1n) is 29.6. The molecule has 5 heterocycles. The SMILES string of the molecule is Cc1ccc(OC[C@H](CCC(N)=O)NC(=O)[C@@H]2Cc3cccc4c3N2C(=O)[C@@H](NC(=O)c2cc3cc(C(=O)P(=O)(O)O)ccc3[nH]2)CC4)cc1CCCCCC(=O)N[C@H](C(=O)N1C[C@H](O)C[C@H]1C(=O)N[C@@H](C)c1ccc(-c2scnc2C)cc1)C(C)(C)C. The van der Waals surface area contributed by atoms with E-state index in [9.17, 15) is 57.8 Å². The van der Waals surface area contributed by atoms with Crippen molar-refractivity contribution in [1.29, 1.82) is 0 Å². The predicted octanol–water partition coefficient (Wildman–Crippen LogP) is 6.53. The Hall–Kier alpha value is -8.08. The van der Waals surface area contributed by atoms with Crippen molar-refractivity contribution < 1.29 is 62.6 Å². The molecule has 9 rings (SSSR count). The number of para-hydroxylation sites is 1. The highest BCUT2D eigenvalue weighted by molar-refractivity contribution is 7.70. The van der Waals surface area contributed by atoms with E-state index in [2.05, 4.69) is 31.2 Å². The summed E-state index contributed by atoms with van der Waals surface area (Å²) < 4.78 is 17.9. The average molecular weight is 1240 g/mol. The quantitative estimate of drug-likeness (QED) is 0.0230. The van der Waals surface area contributed by atoms with Crippen molar-refractivity contribution in [2.24, 2.45) is 11.1 Å². The first kappa shape index (κ1) is 64.4. The first-order chi connectivity index (χ1) is 41.7. The van der Waals surface area contributed by atoms with Gasteiger partial charge in [0.2, 0.25) is 35.4 Å². The van der Waals surface area contributed by atoms with Crippen molar-refractivity contribution >= 4 is 82.4 Å². The summed E-state index contributed by atoms with van der Waals surface area (Å²) in [6.07, 6.45) is 2.83. The number of aryl methyl sites for hydroxylation is 4. The molecule has 88 heavy (non-hydrogen) atoms. The molecule has 4 aromatic carbocycles. The smallest absolute Gasteiger partial charge is 0.396 e. The molecule has 7 atom stereocenters. The number of ether oxygens (including phenoxy) is 1. The van der Waals surface area contributed by atoms with Crippen LogP contribution in [0.1, 0.15) is 139 Å². The number of hydrogen-bond donors (Lipinski definition) is 9. The molecule has 0 saturated carbocycles. The van der Waals surface area contributed by atoms with E-state index in [0.717, 1.165) is 50.4 Å². The highest BCUT2D eigenvalue weighted by atomic mass is 32.1. The van der Waals surface area contributed by atoms with Gasteiger partial charge in [-0.15, -0.1) is 11.3 Å². The second-order valence-corrected chi connectivity index (χ2v) is 26.7. The van der Waals surface area contributed by atoms with E-state index in [1.54, 1.807) is 16.8 Å². The van der Waals surface area contributed by atoms with Crippen LogP contribution in [0.15, 0.2) is 90.4 Å². The molecule has 3 aliphatic rings. The van der Waals surface area contributed by atoms with E-state index < -0.39 is 84.4 Å². The van der Waals surface area contributed by atoms with E-state index in [0.29, 0.717) is 48.0 Å². The Morgan fingerprint density at radius 1 is 0.886 bits per heavy atom. The van der Waals surface area contributed by atoms with Gasteiger partial charge in [0, 0.05) is 48.7 Å². The molecular weight excluding hydrogens is 1170 g/mol. The van der Waals surface area contributed by atoms with E-state index >= 15 is 0 Å². The molecule has 24 heteroatoms. The van der Waals surface area contributed by atoms with Crippen molar-refractivity contribution in [3.63, 3.8) is 0 Å². The minimum atomic E-state index is -5.06. The molecule has 10 N–H and O–H groups in total. The molecule has 1 saturated heterocycles. The lowest BCUT2D eigenvalue weighted by molar-refractivity contribution is -0.144. The molecule has 7 amide bonds. The van der Waals surface area contributed by atoms with Crippen LogP contribution in [0.4, 0.5) is 5.69 Å². The number of aliphatic hydroxyl groups is 1. The molecule has 0 aliphatic carbocycles. The van der Waals surface area contributed by atoms with Crippen molar-refractivity contribution in [3.05, 3.63) is 135 Å². The number of aromatic amines is 1. The normalized spacial score (nSPS) is 18.4. The van der Waals surface area contributed by atoms with Gasteiger partial charge in [0.05, 0.1) is 40.0 Å². The van der Waals surface area contributed by atoms with E-state index in [1.807, 2.05) is 102 Å². The molecule has 0 unspecified atom stereocenters. The molecule has 0 bridgehead atoms. The number of nitrogens with two attached hydrogens (primary N) is 1. The van der Waals surface area contributed by atoms with Gasteiger partial charge in [-0.1, -0.05) is 75.7 Å². The number of β-amino-alcohol motifs (C(OH)–C–C–N with tert-alkyl or cyclic N) is 1. The number of carbonyl (C=O) groups excluding carboxylic acids is 8. The third kappa shape index (κ3) is 15.1. The summed E-state index contributed by atoms with van der Waals surface area (Å²) in [4.78, 5) is 139. The maximum absolute atomic E-state index is 14.6. The van der Waals surface area contributed by atoms with Gasteiger partial charge >= 0.3 is 7.60 Å². The third-order valence-electron chi connectivity index (χ3n) is 16.7. The number of anilines is 1. The first-order valence-corrected chi connectivity index (χ1v) is 32.1. The van der Waals surface area contributed by atoms with Gasteiger partial charge in [0.15, 0.2) is 0 Å². The van der Waals surface area contributed by atoms with Gasteiger partial charge in [0.1, 0.15) is 42.2 Å². The number of hydrogen-bond acceptors (Lipinski definition) is 13. The lowest BCUT2D eigenvalue weighted by Gasteiger charge is -2.35. The molecule has 1 fully saturated rings. The number of primary amides is 1. The van der Waals surface area contributed by atoms with Crippen LogP contribution in [-0.2, 0) is 52.6 Å². The highest BCUT2D eigenvalue weighted by Crippen LogP contribution is 2.41. The zero-order chi connectivity index (χ0) is 63.4. The minimum absolute atomic E-state index is 0.0343. The fourth-order valence-electron chi connectivity index (χ4n) is 11.8. The monoisotopic (exact) mass is 1240 g/mol. The van der Waals surface area contributed by atoms with E-state index in [1.165, 1.54) is 34.1 Å². The maximum Gasteiger partial charge on any atom is 0.396 e. The van der Waals surface area contributed by atoms with Crippen LogP contribution in [-0.4, -0.2) is 126 Å². The Balaban J connectivity index is 0.768. The average Bonchev–Trinajstić information content (AvgIpc) is 2.95. The second kappa shape index (κ2) is 27.1. The Kier molecular flexibility index (Phi) is 19.8. The molecule has 466 valence electrons. The van der Waals surface area contributed by atoms with Gasteiger partial charge in [-0.2, -0.15) is 0 Å². The van der Waals surface area contributed by atoms with Crippen molar-refractivity contribution in [2.75, 3.05) is 18.1 Å². The molecule has 0 spiro atoms. The summed E-state index contributed by atoms with van der Waals surface area (Å²) in [5.74, 6) is -2.84. The van der Waals surface area contributed by atoms with Gasteiger partial charge in [-0.05, 0) is 134 Å². The van der Waals surface area contributed by atoms with Gasteiger partial charge in [0.25, 0.3) is 11.4 Å². The number of aromatic nitrogens is 2. The number of fused-ring (bicyclic) bond motifs is 1. The van der Waals surface area contributed by atoms with Gasteiger partial charge < -0.3 is 56.5 Å². The van der Waals surface area contributed by atoms with E-state index in [-0.39, 0.29) is 80.8 Å². The van der Waals surface area contributed by atoms with Crippen LogP contribution in [0.2, 0.25) is 0 Å². The summed E-state index contributed by atoms with van der Waals surface area (Å²) in [7, 11) is -5.06. The number of carbonyl (C=O) groups is 8. The van der Waals surface area contributed by atoms with E-state index in [4.69, 9.17) is 10.5 Å².